The summed E-state index contributed by atoms with van der Waals surface area (Å²) < 4.78 is 56.5. The van der Waals surface area contributed by atoms with Crippen molar-refractivity contribution in [1.82, 2.24) is 0 Å². The Morgan fingerprint density at radius 1 is 0.615 bits per heavy atom. The molecule has 2 heterocycles. The van der Waals surface area contributed by atoms with Gasteiger partial charge in [0.15, 0.2) is 24.6 Å². The Bertz CT molecular complexity index is 2480. The lowest BCUT2D eigenvalue weighted by molar-refractivity contribution is -0.320. The van der Waals surface area contributed by atoms with Crippen molar-refractivity contribution in [1.29, 1.82) is 0 Å². The molecule has 8 rings (SSSR count). The van der Waals surface area contributed by atoms with Crippen LogP contribution in [0, 0.1) is 52.3 Å². The van der Waals surface area contributed by atoms with Gasteiger partial charge in [0, 0.05) is 32.6 Å². The first-order valence-corrected chi connectivity index (χ1v) is 28.3. The molecule has 0 amide bonds. The number of hydrogen-bond donors (Lipinski definition) is 0. The van der Waals surface area contributed by atoms with E-state index in [1.54, 1.807) is 48.5 Å². The Balaban J connectivity index is 1.07. The zero-order chi connectivity index (χ0) is 56.1. The summed E-state index contributed by atoms with van der Waals surface area (Å²) in [5.41, 5.74) is 0.134. The van der Waals surface area contributed by atoms with Gasteiger partial charge in [0.1, 0.15) is 30.4 Å². The van der Waals surface area contributed by atoms with Gasteiger partial charge in [-0.05, 0) is 142 Å². The normalized spacial score (nSPS) is 35.0. The average molecular weight is 1090 g/mol. The molecule has 6 fully saturated rings. The number of ketones is 2. The number of ether oxygens (including phenoxy) is 9. The van der Waals surface area contributed by atoms with Crippen molar-refractivity contribution in [2.45, 2.75) is 194 Å². The maximum Gasteiger partial charge on any atom is 0.338 e. The standard InChI is InChI=1S/C61H80O17/c1-34(32-70-38(5)64)19-22-47-37(4)53-49(74-47)31-45-43-30-48(72-39(6)65)46-29-42(25-27-60(46,7)44(43)26-28-61(45,53)8)73-59-56(77-52(67)24-21-36(3)63)55(78-58(69)41-17-13-10-14-18-41)54(76-51(66)23-20-35(2)62)50(75-59)33-71-57(68)40-15-11-9-12-16-40/h9-18,34,37,42-50,53-56,59H,19-33H2,1-8H3/t34-,37-,42+,43-,44+,45+,46-,47-,48+,49+,50-,53+,54-,55+,56-,59-,60-,61+/m1/s1. The molecule has 17 nitrogen and oxygen atoms in total. The van der Waals surface area contributed by atoms with Crippen LogP contribution < -0.4 is 0 Å². The Morgan fingerprint density at radius 2 is 1.23 bits per heavy atom. The van der Waals surface area contributed by atoms with E-state index in [2.05, 4.69) is 27.7 Å². The zero-order valence-corrected chi connectivity index (χ0v) is 46.6. The van der Waals surface area contributed by atoms with E-state index in [0.717, 1.165) is 32.1 Å². The van der Waals surface area contributed by atoms with Crippen LogP contribution >= 0.6 is 0 Å². The largest absolute Gasteiger partial charge is 0.466 e. The summed E-state index contributed by atoms with van der Waals surface area (Å²) in [4.78, 5) is 104. The SMILES string of the molecule is CC(=O)CCC(=O)O[C@H]1[C@H](O[C@H]2CC[C@@]3(C)[C@H](C2)[C@@H](OC(C)=O)C[C@@H]2[C@@H]3CC[C@]3(C)[C@H]4[C@H](C)[C@@H](CC[C@@H](C)COC(C)=O)O[C@H]4C[C@@H]23)O[C@H](COC(=O)c2ccccc2)[C@@H](OC(=O)CCC(C)=O)[C@@H]1OC(=O)c1ccccc1. The van der Waals surface area contributed by atoms with Crippen LogP contribution in [-0.2, 0) is 71.4 Å². The van der Waals surface area contributed by atoms with Gasteiger partial charge in [-0.2, -0.15) is 0 Å². The number of Topliss-reactive ketones (excluding diaryl/α,β-unsaturated/α-hetero) is 2. The summed E-state index contributed by atoms with van der Waals surface area (Å²) in [6.45, 7) is 14.7. The summed E-state index contributed by atoms with van der Waals surface area (Å²) >= 11 is 0. The van der Waals surface area contributed by atoms with Gasteiger partial charge in [0.2, 0.25) is 0 Å². The zero-order valence-electron chi connectivity index (χ0n) is 46.6. The molecule has 0 bridgehead atoms. The van der Waals surface area contributed by atoms with Gasteiger partial charge in [0.05, 0.1) is 48.9 Å². The van der Waals surface area contributed by atoms with E-state index in [4.69, 9.17) is 42.6 Å². The number of carbonyl (C=O) groups excluding carboxylic acids is 8. The topological polar surface area (TPSA) is 220 Å². The maximum atomic E-state index is 14.1. The number of fused-ring (bicyclic) bond motifs is 7. The molecule has 0 radical (unpaired) electrons. The van der Waals surface area contributed by atoms with Gasteiger partial charge >= 0.3 is 35.8 Å². The third-order valence-electron chi connectivity index (χ3n) is 18.5. The second-order valence-electron chi connectivity index (χ2n) is 23.8. The number of esters is 6. The lowest BCUT2D eigenvalue weighted by Gasteiger charge is -2.62. The minimum atomic E-state index is -1.63. The van der Waals surface area contributed by atoms with Crippen LogP contribution in [-0.4, -0.2) is 116 Å². The van der Waals surface area contributed by atoms with Crippen molar-refractivity contribution < 1.29 is 81.0 Å². The first kappa shape index (κ1) is 58.6. The number of carbonyl (C=O) groups is 8. The Labute approximate surface area is 458 Å². The van der Waals surface area contributed by atoms with Gasteiger partial charge in [-0.3, -0.25) is 19.2 Å². The summed E-state index contributed by atoms with van der Waals surface area (Å²) in [7, 11) is 0. The summed E-state index contributed by atoms with van der Waals surface area (Å²) in [6.07, 6.45) is -2.24. The van der Waals surface area contributed by atoms with Crippen LogP contribution in [0.3, 0.4) is 0 Å². The molecular weight excluding hydrogens is 1000 g/mol. The molecular formula is C61H80O17. The lowest BCUT2D eigenvalue weighted by atomic mass is 9.43. The van der Waals surface area contributed by atoms with E-state index in [1.807, 2.05) is 0 Å². The number of benzene rings is 2. The molecule has 4 saturated carbocycles. The highest BCUT2D eigenvalue weighted by Gasteiger charge is 2.67. The summed E-state index contributed by atoms with van der Waals surface area (Å²) in [5.74, 6) is -2.64. The molecule has 17 heteroatoms. The quantitative estimate of drug-likeness (QED) is 0.0647. The molecule has 0 unspecified atom stereocenters. The highest BCUT2D eigenvalue weighted by Crippen LogP contribution is 2.70. The third kappa shape index (κ3) is 13.4. The molecule has 2 saturated heterocycles. The van der Waals surface area contributed by atoms with Gasteiger partial charge in [0.25, 0.3) is 0 Å². The fourth-order valence-electron chi connectivity index (χ4n) is 14.8. The van der Waals surface area contributed by atoms with Crippen molar-refractivity contribution in [3.05, 3.63) is 71.8 Å². The van der Waals surface area contributed by atoms with Gasteiger partial charge in [-0.25, -0.2) is 9.59 Å². The molecule has 0 aromatic heterocycles. The molecule has 426 valence electrons. The Hall–Kier alpha value is -5.52. The van der Waals surface area contributed by atoms with Crippen LogP contribution in [0.5, 0.6) is 0 Å². The average Bonchev–Trinajstić information content (AvgIpc) is 3.95. The smallest absolute Gasteiger partial charge is 0.338 e. The highest BCUT2D eigenvalue weighted by atomic mass is 16.7. The molecule has 4 aliphatic carbocycles. The predicted octanol–water partition coefficient (Wildman–Crippen LogP) is 8.93. The van der Waals surface area contributed by atoms with Gasteiger partial charge in [-0.15, -0.1) is 0 Å². The maximum absolute atomic E-state index is 14.1. The molecule has 0 N–H and O–H groups in total. The molecule has 0 spiro atoms. The van der Waals surface area contributed by atoms with Crippen molar-refractivity contribution in [3.8, 4) is 0 Å². The fourth-order valence-corrected chi connectivity index (χ4v) is 14.8. The summed E-state index contributed by atoms with van der Waals surface area (Å²) in [6, 6.07) is 16.3. The molecule has 2 aromatic rings. The van der Waals surface area contributed by atoms with E-state index in [-0.39, 0.29) is 101 Å². The van der Waals surface area contributed by atoms with Crippen LogP contribution in [0.25, 0.3) is 0 Å². The number of hydrogen-bond acceptors (Lipinski definition) is 17. The second kappa shape index (κ2) is 25.3. The first-order valence-electron chi connectivity index (χ1n) is 28.3. The van der Waals surface area contributed by atoms with Crippen molar-refractivity contribution in [3.63, 3.8) is 0 Å². The molecule has 6 aliphatic rings. The van der Waals surface area contributed by atoms with Crippen LogP contribution in [0.1, 0.15) is 160 Å². The molecule has 2 aromatic carbocycles. The summed E-state index contributed by atoms with van der Waals surface area (Å²) in [5, 5.41) is 0. The monoisotopic (exact) mass is 1080 g/mol. The van der Waals surface area contributed by atoms with Crippen LogP contribution in [0.2, 0.25) is 0 Å². The third-order valence-corrected chi connectivity index (χ3v) is 18.5. The van der Waals surface area contributed by atoms with Crippen LogP contribution in [0.15, 0.2) is 60.7 Å². The van der Waals surface area contributed by atoms with Gasteiger partial charge in [-0.1, -0.05) is 64.1 Å². The highest BCUT2D eigenvalue weighted by molar-refractivity contribution is 5.90. The first-order chi connectivity index (χ1) is 37.1. The van der Waals surface area contributed by atoms with E-state index in [9.17, 15) is 38.4 Å². The molecule has 78 heavy (non-hydrogen) atoms. The van der Waals surface area contributed by atoms with Crippen molar-refractivity contribution in [2.75, 3.05) is 13.2 Å². The van der Waals surface area contributed by atoms with Crippen molar-refractivity contribution >= 4 is 47.4 Å². The van der Waals surface area contributed by atoms with E-state index >= 15 is 0 Å². The second-order valence-corrected chi connectivity index (χ2v) is 23.8. The minimum Gasteiger partial charge on any atom is -0.466 e. The molecule has 18 atom stereocenters. The van der Waals surface area contributed by atoms with E-state index in [1.165, 1.54) is 39.8 Å². The number of rotatable bonds is 21. The fraction of sp³-hybridized carbons (Fsp3) is 0.672. The van der Waals surface area contributed by atoms with E-state index in [0.29, 0.717) is 56.0 Å². The van der Waals surface area contributed by atoms with Crippen molar-refractivity contribution in [2.24, 2.45) is 52.3 Å². The van der Waals surface area contributed by atoms with Gasteiger partial charge < -0.3 is 52.2 Å². The predicted molar refractivity (Wildman–Crippen MR) is 280 cm³/mol. The van der Waals surface area contributed by atoms with Crippen LogP contribution in [0.4, 0.5) is 0 Å². The Kier molecular flexibility index (Phi) is 19.0. The Morgan fingerprint density at radius 3 is 1.85 bits per heavy atom. The minimum absolute atomic E-state index is 0.0366. The van der Waals surface area contributed by atoms with E-state index < -0.39 is 73.4 Å². The lowest BCUT2D eigenvalue weighted by Crippen LogP contribution is -2.64. The molecule has 2 aliphatic heterocycles.